The highest BCUT2D eigenvalue weighted by molar-refractivity contribution is 5.82. The maximum atomic E-state index is 10.9. The van der Waals surface area contributed by atoms with Gasteiger partial charge >= 0.3 is 12.1 Å². The Labute approximate surface area is 80.8 Å². The van der Waals surface area contributed by atoms with Gasteiger partial charge in [0.1, 0.15) is 0 Å². The third-order valence-electron chi connectivity index (χ3n) is 1.23. The van der Waals surface area contributed by atoms with Crippen molar-refractivity contribution in [2.24, 2.45) is 0 Å². The van der Waals surface area contributed by atoms with Crippen molar-refractivity contribution in [3.63, 3.8) is 0 Å². The zero-order valence-corrected chi connectivity index (χ0v) is 8.03. The number of nitrogens with one attached hydrogen (secondary N) is 2. The second-order valence-corrected chi connectivity index (χ2v) is 2.25. The molecule has 0 aliphatic rings. The van der Waals surface area contributed by atoms with Gasteiger partial charge in [0, 0.05) is 0 Å². The molecule has 0 spiro atoms. The molecule has 0 radical (unpaired) electrons. The van der Waals surface area contributed by atoms with Gasteiger partial charge < -0.3 is 9.47 Å². The number of nitrogens with zero attached hydrogens (tertiary/aromatic N) is 2. The highest BCUT2D eigenvalue weighted by Gasteiger charge is 2.07. The summed E-state index contributed by atoms with van der Waals surface area (Å²) in [5, 5.41) is 8.52. The lowest BCUT2D eigenvalue weighted by atomic mass is 10.8. The number of H-pyrrole nitrogens is 1. The quantitative estimate of drug-likeness (QED) is 0.749. The fourth-order valence-electron chi connectivity index (χ4n) is 0.760. The summed E-state index contributed by atoms with van der Waals surface area (Å²) in [6.07, 6.45) is -0.577. The molecule has 7 heteroatoms. The molecule has 0 aliphatic heterocycles. The molecule has 1 amide bonds. The molecule has 0 aliphatic carbocycles. The van der Waals surface area contributed by atoms with Gasteiger partial charge in [-0.2, -0.15) is 4.98 Å². The van der Waals surface area contributed by atoms with Crippen LogP contribution in [0.25, 0.3) is 0 Å². The molecule has 1 rings (SSSR count). The van der Waals surface area contributed by atoms with Crippen LogP contribution in [0.15, 0.2) is 0 Å². The number of hydrogen-bond donors (Lipinski definition) is 2. The van der Waals surface area contributed by atoms with E-state index in [9.17, 15) is 4.79 Å². The molecule has 0 saturated carbocycles. The topological polar surface area (TPSA) is 89.1 Å². The predicted molar refractivity (Wildman–Crippen MR) is 48.2 cm³/mol. The second kappa shape index (κ2) is 5.05. The molecule has 7 nitrogen and oxygen atoms in total. The third kappa shape index (κ3) is 2.92. The fourth-order valence-corrected chi connectivity index (χ4v) is 0.760. The van der Waals surface area contributed by atoms with Crippen molar-refractivity contribution in [2.75, 3.05) is 18.5 Å². The SMILES string of the molecule is CCOC(=O)Nc1nc(OCC)n[nH]1. The summed E-state index contributed by atoms with van der Waals surface area (Å²) in [6.45, 7) is 4.30. The number of rotatable bonds is 4. The number of aromatic nitrogens is 3. The molecule has 0 aromatic carbocycles. The average molecular weight is 200 g/mol. The molecule has 0 atom stereocenters. The lowest BCUT2D eigenvalue weighted by Crippen LogP contribution is -2.14. The van der Waals surface area contributed by atoms with E-state index in [1.807, 2.05) is 6.92 Å². The van der Waals surface area contributed by atoms with Crippen LogP contribution in [0.2, 0.25) is 0 Å². The van der Waals surface area contributed by atoms with Crippen molar-refractivity contribution < 1.29 is 14.3 Å². The summed E-state index contributed by atoms with van der Waals surface area (Å²) in [5.41, 5.74) is 0. The molecule has 1 aromatic heterocycles. The zero-order valence-electron chi connectivity index (χ0n) is 8.03. The predicted octanol–water partition coefficient (Wildman–Crippen LogP) is 0.772. The maximum Gasteiger partial charge on any atom is 0.413 e. The van der Waals surface area contributed by atoms with E-state index < -0.39 is 6.09 Å². The average Bonchev–Trinajstić information content (AvgIpc) is 2.53. The number of anilines is 1. The molecule has 2 N–H and O–H groups in total. The van der Waals surface area contributed by atoms with E-state index >= 15 is 0 Å². The minimum absolute atomic E-state index is 0.194. The normalized spacial score (nSPS) is 9.57. The minimum Gasteiger partial charge on any atom is -0.463 e. The highest BCUT2D eigenvalue weighted by atomic mass is 16.5. The molecule has 14 heavy (non-hydrogen) atoms. The summed E-state index contributed by atoms with van der Waals surface area (Å²) in [5.74, 6) is 0.201. The first-order valence-corrected chi connectivity index (χ1v) is 4.25. The van der Waals surface area contributed by atoms with Crippen molar-refractivity contribution in [1.82, 2.24) is 15.2 Å². The van der Waals surface area contributed by atoms with E-state index in [0.717, 1.165) is 0 Å². The lowest BCUT2D eigenvalue weighted by Gasteiger charge is -1.99. The molecule has 1 aromatic rings. The first kappa shape index (κ1) is 10.3. The van der Waals surface area contributed by atoms with Crippen molar-refractivity contribution in [1.29, 1.82) is 0 Å². The van der Waals surface area contributed by atoms with E-state index in [-0.39, 0.29) is 12.0 Å². The highest BCUT2D eigenvalue weighted by Crippen LogP contribution is 2.05. The summed E-state index contributed by atoms with van der Waals surface area (Å²) in [4.78, 5) is 14.7. The maximum absolute atomic E-state index is 10.9. The van der Waals surface area contributed by atoms with Gasteiger partial charge in [0.15, 0.2) is 0 Å². The first-order valence-electron chi connectivity index (χ1n) is 4.25. The molecule has 0 fully saturated rings. The van der Waals surface area contributed by atoms with Crippen molar-refractivity contribution >= 4 is 12.0 Å². The number of carbonyl (C=O) groups excluding carboxylic acids is 1. The van der Waals surface area contributed by atoms with Gasteiger partial charge in [-0.25, -0.2) is 9.89 Å². The molecule has 0 bridgehead atoms. The Morgan fingerprint density at radius 1 is 1.50 bits per heavy atom. The zero-order chi connectivity index (χ0) is 10.4. The van der Waals surface area contributed by atoms with Crippen LogP contribution in [0.3, 0.4) is 0 Å². The third-order valence-corrected chi connectivity index (χ3v) is 1.23. The largest absolute Gasteiger partial charge is 0.463 e. The fraction of sp³-hybridized carbons (Fsp3) is 0.571. The van der Waals surface area contributed by atoms with E-state index in [0.29, 0.717) is 13.2 Å². The summed E-state index contributed by atoms with van der Waals surface area (Å²) < 4.78 is 9.62. The van der Waals surface area contributed by atoms with Crippen molar-refractivity contribution in [3.05, 3.63) is 0 Å². The van der Waals surface area contributed by atoms with Gasteiger partial charge in [0.2, 0.25) is 5.95 Å². The van der Waals surface area contributed by atoms with Gasteiger partial charge in [-0.05, 0) is 13.8 Å². The van der Waals surface area contributed by atoms with E-state index in [1.165, 1.54) is 0 Å². The number of hydrogen-bond acceptors (Lipinski definition) is 5. The van der Waals surface area contributed by atoms with Gasteiger partial charge in [-0.3, -0.25) is 5.32 Å². The van der Waals surface area contributed by atoms with Gasteiger partial charge in [-0.15, -0.1) is 5.10 Å². The summed E-state index contributed by atoms with van der Waals surface area (Å²) in [7, 11) is 0. The van der Waals surface area contributed by atoms with Crippen LogP contribution in [0.4, 0.5) is 10.7 Å². The smallest absolute Gasteiger partial charge is 0.413 e. The molecule has 78 valence electrons. The second-order valence-electron chi connectivity index (χ2n) is 2.25. The molecular formula is C7H12N4O3. The van der Waals surface area contributed by atoms with Crippen LogP contribution in [0.1, 0.15) is 13.8 Å². The molecule has 0 saturated heterocycles. The Morgan fingerprint density at radius 3 is 2.93 bits per heavy atom. The van der Waals surface area contributed by atoms with Crippen LogP contribution >= 0.6 is 0 Å². The summed E-state index contributed by atoms with van der Waals surface area (Å²) in [6, 6.07) is 0.194. The first-order chi connectivity index (χ1) is 6.76. The Hall–Kier alpha value is -1.79. The van der Waals surface area contributed by atoms with E-state index in [4.69, 9.17) is 4.74 Å². The van der Waals surface area contributed by atoms with Crippen LogP contribution in [-0.4, -0.2) is 34.5 Å². The number of aromatic amines is 1. The van der Waals surface area contributed by atoms with Crippen LogP contribution in [-0.2, 0) is 4.74 Å². The number of amides is 1. The van der Waals surface area contributed by atoms with Gasteiger partial charge in [-0.1, -0.05) is 0 Å². The van der Waals surface area contributed by atoms with Crippen molar-refractivity contribution in [2.45, 2.75) is 13.8 Å². The van der Waals surface area contributed by atoms with Crippen LogP contribution in [0.5, 0.6) is 6.01 Å². The Morgan fingerprint density at radius 2 is 2.29 bits per heavy atom. The van der Waals surface area contributed by atoms with Crippen LogP contribution < -0.4 is 10.1 Å². The van der Waals surface area contributed by atoms with Gasteiger partial charge in [0.05, 0.1) is 13.2 Å². The Balaban J connectivity index is 2.46. The van der Waals surface area contributed by atoms with Crippen molar-refractivity contribution in [3.8, 4) is 6.01 Å². The van der Waals surface area contributed by atoms with E-state index in [2.05, 4.69) is 25.2 Å². The monoisotopic (exact) mass is 200 g/mol. The lowest BCUT2D eigenvalue weighted by molar-refractivity contribution is 0.167. The number of ether oxygens (including phenoxy) is 2. The standard InChI is InChI=1S/C7H12N4O3/c1-3-13-6-8-5(10-11-6)9-7(12)14-4-2/h3-4H2,1-2H3,(H2,8,9,10,11,12). The van der Waals surface area contributed by atoms with Crippen LogP contribution in [0, 0.1) is 0 Å². The summed E-state index contributed by atoms with van der Waals surface area (Å²) >= 11 is 0. The molecule has 0 unspecified atom stereocenters. The Bertz CT molecular complexity index is 299. The van der Waals surface area contributed by atoms with E-state index in [1.54, 1.807) is 6.92 Å². The number of carbonyl (C=O) groups is 1. The molecular weight excluding hydrogens is 188 g/mol. The Kier molecular flexibility index (Phi) is 3.71. The molecule has 1 heterocycles. The minimum atomic E-state index is -0.577. The van der Waals surface area contributed by atoms with Gasteiger partial charge in [0.25, 0.3) is 0 Å².